The SMILES string of the molecule is Cc1cccc(OC#N)c1[N+](=O)[O-]. The molecule has 1 aromatic carbocycles. The van der Waals surface area contributed by atoms with Gasteiger partial charge in [0.05, 0.1) is 4.92 Å². The lowest BCUT2D eigenvalue weighted by Gasteiger charge is -2.00. The van der Waals surface area contributed by atoms with E-state index in [9.17, 15) is 10.1 Å². The predicted molar refractivity (Wildman–Crippen MR) is 44.1 cm³/mol. The molecule has 0 aromatic heterocycles. The van der Waals surface area contributed by atoms with Crippen molar-refractivity contribution in [3.8, 4) is 12.0 Å². The van der Waals surface area contributed by atoms with Crippen LogP contribution in [0, 0.1) is 28.6 Å². The first kappa shape index (κ1) is 9.00. The Morgan fingerprint density at radius 1 is 1.62 bits per heavy atom. The fourth-order valence-electron chi connectivity index (χ4n) is 0.998. The number of nitriles is 1. The molecule has 5 heteroatoms. The molecule has 0 atom stereocenters. The zero-order valence-electron chi connectivity index (χ0n) is 6.85. The molecule has 0 saturated carbocycles. The van der Waals surface area contributed by atoms with Crippen molar-refractivity contribution in [1.29, 1.82) is 5.26 Å². The molecule has 0 spiro atoms. The first-order valence-electron chi connectivity index (χ1n) is 3.46. The second-order valence-electron chi connectivity index (χ2n) is 2.37. The van der Waals surface area contributed by atoms with Crippen LogP contribution in [0.15, 0.2) is 18.2 Å². The molecule has 5 nitrogen and oxygen atoms in total. The van der Waals surface area contributed by atoms with E-state index in [4.69, 9.17) is 5.26 Å². The molecule has 0 aliphatic rings. The van der Waals surface area contributed by atoms with Crippen molar-refractivity contribution in [3.63, 3.8) is 0 Å². The number of nitrogens with zero attached hydrogens (tertiary/aromatic N) is 2. The van der Waals surface area contributed by atoms with Gasteiger partial charge in [0, 0.05) is 5.56 Å². The second-order valence-corrected chi connectivity index (χ2v) is 2.37. The van der Waals surface area contributed by atoms with Crippen molar-refractivity contribution in [2.75, 3.05) is 0 Å². The van der Waals surface area contributed by atoms with Gasteiger partial charge in [0.25, 0.3) is 6.26 Å². The Bertz CT molecular complexity index is 381. The van der Waals surface area contributed by atoms with Crippen LogP contribution >= 0.6 is 0 Å². The highest BCUT2D eigenvalue weighted by Gasteiger charge is 2.17. The lowest BCUT2D eigenvalue weighted by Crippen LogP contribution is -1.95. The Morgan fingerprint density at radius 3 is 2.85 bits per heavy atom. The van der Waals surface area contributed by atoms with Gasteiger partial charge in [0.1, 0.15) is 0 Å². The fraction of sp³-hybridized carbons (Fsp3) is 0.125. The summed E-state index contributed by atoms with van der Waals surface area (Å²) in [5.74, 6) is -0.0208. The first-order valence-corrected chi connectivity index (χ1v) is 3.46. The lowest BCUT2D eigenvalue weighted by molar-refractivity contribution is -0.386. The van der Waals surface area contributed by atoms with Gasteiger partial charge < -0.3 is 4.74 Å². The molecule has 0 amide bonds. The van der Waals surface area contributed by atoms with Crippen LogP contribution in [-0.4, -0.2) is 4.92 Å². The summed E-state index contributed by atoms with van der Waals surface area (Å²) in [4.78, 5) is 9.97. The Balaban J connectivity index is 3.27. The largest absolute Gasteiger partial charge is 0.381 e. The van der Waals surface area contributed by atoms with E-state index in [0.717, 1.165) is 0 Å². The Labute approximate surface area is 74.3 Å². The Kier molecular flexibility index (Phi) is 2.45. The molecule has 66 valence electrons. The normalized spacial score (nSPS) is 8.92. The number of nitro benzene ring substituents is 1. The highest BCUT2D eigenvalue weighted by atomic mass is 16.6. The highest BCUT2D eigenvalue weighted by Crippen LogP contribution is 2.29. The summed E-state index contributed by atoms with van der Waals surface area (Å²) in [5, 5.41) is 18.8. The minimum absolute atomic E-state index is 0.0208. The van der Waals surface area contributed by atoms with E-state index in [0.29, 0.717) is 5.56 Å². The van der Waals surface area contributed by atoms with Crippen LogP contribution in [0.2, 0.25) is 0 Å². The van der Waals surface area contributed by atoms with Crippen molar-refractivity contribution >= 4 is 5.69 Å². The number of hydrogen-bond acceptors (Lipinski definition) is 4. The molecule has 0 saturated heterocycles. The standard InChI is InChI=1S/C8H6N2O3/c1-6-3-2-4-7(13-5-9)8(6)10(11)12/h2-4H,1H3. The van der Waals surface area contributed by atoms with Gasteiger partial charge in [0.2, 0.25) is 5.75 Å². The van der Waals surface area contributed by atoms with Crippen LogP contribution < -0.4 is 4.74 Å². The van der Waals surface area contributed by atoms with Gasteiger partial charge in [-0.25, -0.2) is 0 Å². The third-order valence-electron chi connectivity index (χ3n) is 1.54. The number of benzene rings is 1. The molecule has 0 fully saturated rings. The summed E-state index contributed by atoms with van der Waals surface area (Å²) in [6, 6.07) is 4.56. The van der Waals surface area contributed by atoms with Gasteiger partial charge in [0.15, 0.2) is 0 Å². The van der Waals surface area contributed by atoms with E-state index in [2.05, 4.69) is 4.74 Å². The predicted octanol–water partition coefficient (Wildman–Crippen LogP) is 1.76. The highest BCUT2D eigenvalue weighted by molar-refractivity contribution is 5.52. The smallest absolute Gasteiger partial charge is 0.315 e. The van der Waals surface area contributed by atoms with Gasteiger partial charge in [-0.2, -0.15) is 0 Å². The van der Waals surface area contributed by atoms with E-state index in [1.807, 2.05) is 0 Å². The van der Waals surface area contributed by atoms with Crippen LogP contribution in [0.5, 0.6) is 5.75 Å². The van der Waals surface area contributed by atoms with E-state index in [1.165, 1.54) is 12.3 Å². The van der Waals surface area contributed by atoms with Crippen molar-refractivity contribution < 1.29 is 9.66 Å². The summed E-state index contributed by atoms with van der Waals surface area (Å²) in [5.41, 5.74) is 0.307. The number of ether oxygens (including phenoxy) is 1. The molecule has 0 aliphatic heterocycles. The first-order chi connectivity index (χ1) is 6.16. The molecular formula is C8H6N2O3. The maximum absolute atomic E-state index is 10.5. The summed E-state index contributed by atoms with van der Waals surface area (Å²) >= 11 is 0. The van der Waals surface area contributed by atoms with E-state index in [1.54, 1.807) is 19.1 Å². The minimum atomic E-state index is -0.567. The molecular weight excluding hydrogens is 172 g/mol. The van der Waals surface area contributed by atoms with E-state index < -0.39 is 4.92 Å². The van der Waals surface area contributed by atoms with Crippen molar-refractivity contribution in [1.82, 2.24) is 0 Å². The van der Waals surface area contributed by atoms with Crippen molar-refractivity contribution in [2.24, 2.45) is 0 Å². The number of rotatable bonds is 2. The average Bonchev–Trinajstić information content (AvgIpc) is 2.04. The number of hydrogen-bond donors (Lipinski definition) is 0. The number of para-hydroxylation sites is 1. The van der Waals surface area contributed by atoms with Crippen LogP contribution in [0.4, 0.5) is 5.69 Å². The Morgan fingerprint density at radius 2 is 2.31 bits per heavy atom. The maximum Gasteiger partial charge on any atom is 0.315 e. The van der Waals surface area contributed by atoms with Gasteiger partial charge in [-0.05, 0) is 13.0 Å². The molecule has 13 heavy (non-hydrogen) atoms. The second kappa shape index (κ2) is 3.54. The van der Waals surface area contributed by atoms with E-state index in [-0.39, 0.29) is 11.4 Å². The maximum atomic E-state index is 10.5. The van der Waals surface area contributed by atoms with Gasteiger partial charge in [-0.1, -0.05) is 12.1 Å². The molecule has 0 N–H and O–H groups in total. The minimum Gasteiger partial charge on any atom is -0.381 e. The van der Waals surface area contributed by atoms with Crippen molar-refractivity contribution in [3.05, 3.63) is 33.9 Å². The van der Waals surface area contributed by atoms with Crippen molar-refractivity contribution in [2.45, 2.75) is 6.92 Å². The molecule has 0 bridgehead atoms. The van der Waals surface area contributed by atoms with Crippen LogP contribution in [-0.2, 0) is 0 Å². The molecule has 1 aromatic rings. The molecule has 0 heterocycles. The number of aryl methyl sites for hydroxylation is 1. The van der Waals surface area contributed by atoms with E-state index >= 15 is 0 Å². The lowest BCUT2D eigenvalue weighted by atomic mass is 10.2. The average molecular weight is 178 g/mol. The zero-order chi connectivity index (χ0) is 9.84. The molecule has 0 aliphatic carbocycles. The summed E-state index contributed by atoms with van der Waals surface area (Å²) < 4.78 is 4.44. The molecule has 0 unspecified atom stereocenters. The zero-order valence-corrected chi connectivity index (χ0v) is 6.85. The van der Waals surface area contributed by atoms with Gasteiger partial charge in [-0.15, -0.1) is 5.26 Å². The fourth-order valence-corrected chi connectivity index (χ4v) is 0.998. The van der Waals surface area contributed by atoms with Crippen LogP contribution in [0.1, 0.15) is 5.56 Å². The number of nitro groups is 1. The van der Waals surface area contributed by atoms with Gasteiger partial charge in [-0.3, -0.25) is 10.1 Å². The summed E-state index contributed by atoms with van der Waals surface area (Å²) in [6.45, 7) is 1.59. The topological polar surface area (TPSA) is 76.2 Å². The molecule has 1 rings (SSSR count). The summed E-state index contributed by atoms with van der Waals surface area (Å²) in [6.07, 6.45) is 1.40. The third-order valence-corrected chi connectivity index (χ3v) is 1.54. The third kappa shape index (κ3) is 1.73. The van der Waals surface area contributed by atoms with Crippen LogP contribution in [0.25, 0.3) is 0 Å². The summed E-state index contributed by atoms with van der Waals surface area (Å²) in [7, 11) is 0. The van der Waals surface area contributed by atoms with Crippen LogP contribution in [0.3, 0.4) is 0 Å². The monoisotopic (exact) mass is 178 g/mol. The molecule has 0 radical (unpaired) electrons. The quantitative estimate of drug-likeness (QED) is 0.392. The Hall–Kier alpha value is -2.09. The van der Waals surface area contributed by atoms with Gasteiger partial charge >= 0.3 is 5.69 Å².